The van der Waals surface area contributed by atoms with Crippen LogP contribution in [0.1, 0.15) is 41.9 Å². The summed E-state index contributed by atoms with van der Waals surface area (Å²) in [6.45, 7) is 3.07. The Morgan fingerprint density at radius 2 is 1.74 bits per heavy atom. The van der Waals surface area contributed by atoms with Crippen LogP contribution < -0.4 is 4.72 Å². The van der Waals surface area contributed by atoms with E-state index >= 15 is 0 Å². The number of rotatable bonds is 5. The number of amides is 1. The van der Waals surface area contributed by atoms with Crippen molar-refractivity contribution >= 4 is 21.6 Å². The molecule has 0 radical (unpaired) electrons. The van der Waals surface area contributed by atoms with Crippen molar-refractivity contribution in [3.8, 4) is 11.4 Å². The van der Waals surface area contributed by atoms with Crippen LogP contribution in [0.5, 0.6) is 0 Å². The molecule has 0 spiro atoms. The van der Waals surface area contributed by atoms with Crippen molar-refractivity contribution in [3.63, 3.8) is 0 Å². The van der Waals surface area contributed by atoms with Gasteiger partial charge in [0.25, 0.3) is 10.0 Å². The second-order valence-corrected chi connectivity index (χ2v) is 9.23. The highest BCUT2D eigenvalue weighted by Crippen LogP contribution is 2.25. The van der Waals surface area contributed by atoms with Gasteiger partial charge in [-0.25, -0.2) is 8.42 Å². The minimum atomic E-state index is -3.82. The molecule has 0 aliphatic carbocycles. The van der Waals surface area contributed by atoms with Crippen LogP contribution in [-0.4, -0.2) is 42.5 Å². The molecule has 1 amide bonds. The lowest BCUT2D eigenvalue weighted by Gasteiger charge is -2.17. The van der Waals surface area contributed by atoms with Crippen LogP contribution in [0.3, 0.4) is 0 Å². The molecule has 3 aromatic rings. The Morgan fingerprint density at radius 1 is 1.03 bits per heavy atom. The second kappa shape index (κ2) is 8.89. The van der Waals surface area contributed by atoms with Gasteiger partial charge in [0.05, 0.1) is 4.90 Å². The third kappa shape index (κ3) is 4.77. The van der Waals surface area contributed by atoms with E-state index in [9.17, 15) is 13.2 Å². The smallest absolute Gasteiger partial charge is 0.316 e. The average molecular weight is 441 g/mol. The number of aryl methyl sites for hydroxylation is 1. The van der Waals surface area contributed by atoms with Gasteiger partial charge < -0.3 is 9.42 Å². The number of nitrogens with zero attached hydrogens (tertiary/aromatic N) is 3. The van der Waals surface area contributed by atoms with Crippen molar-refractivity contribution in [2.75, 3.05) is 17.8 Å². The lowest BCUT2D eigenvalue weighted by Crippen LogP contribution is -2.32. The minimum absolute atomic E-state index is 0.0794. The summed E-state index contributed by atoms with van der Waals surface area (Å²) in [7, 11) is -3.82. The molecular weight excluding hydrogens is 416 g/mol. The molecule has 0 saturated carbocycles. The minimum Gasteiger partial charge on any atom is -0.334 e. The summed E-state index contributed by atoms with van der Waals surface area (Å²) in [5, 5.41) is 3.91. The number of carbonyl (C=O) groups is 1. The zero-order valence-corrected chi connectivity index (χ0v) is 18.1. The maximum Gasteiger partial charge on any atom is 0.316 e. The first-order valence-electron chi connectivity index (χ1n) is 10.3. The first-order chi connectivity index (χ1) is 14.9. The maximum atomic E-state index is 12.9. The Labute approximate surface area is 181 Å². The SMILES string of the molecule is Cc1ccc(-c2noc(C(=O)N3CCCCCC3)n2)cc1S(=O)(=O)Nc1ccccc1. The fourth-order valence-electron chi connectivity index (χ4n) is 3.58. The van der Waals surface area contributed by atoms with Crippen molar-refractivity contribution in [1.82, 2.24) is 15.0 Å². The number of hydrogen-bond donors (Lipinski definition) is 1. The molecule has 1 fully saturated rings. The van der Waals surface area contributed by atoms with Crippen molar-refractivity contribution in [1.29, 1.82) is 0 Å². The van der Waals surface area contributed by atoms with Gasteiger partial charge in [0.1, 0.15) is 0 Å². The number of likely N-dealkylation sites (tertiary alicyclic amines) is 1. The lowest BCUT2D eigenvalue weighted by atomic mass is 10.1. The van der Waals surface area contributed by atoms with Gasteiger partial charge in [-0.15, -0.1) is 0 Å². The molecule has 4 rings (SSSR count). The fourth-order valence-corrected chi connectivity index (χ4v) is 4.91. The van der Waals surface area contributed by atoms with E-state index in [1.165, 1.54) is 6.07 Å². The highest BCUT2D eigenvalue weighted by molar-refractivity contribution is 7.92. The van der Waals surface area contributed by atoms with Crippen LogP contribution in [0.4, 0.5) is 5.69 Å². The number of aromatic nitrogens is 2. The Kier molecular flexibility index (Phi) is 6.03. The van der Waals surface area contributed by atoms with Gasteiger partial charge in [-0.3, -0.25) is 9.52 Å². The van der Waals surface area contributed by atoms with E-state index in [-0.39, 0.29) is 22.5 Å². The molecule has 1 N–H and O–H groups in total. The number of carbonyl (C=O) groups excluding carboxylic acids is 1. The highest BCUT2D eigenvalue weighted by Gasteiger charge is 2.24. The van der Waals surface area contributed by atoms with Gasteiger partial charge >= 0.3 is 11.8 Å². The van der Waals surface area contributed by atoms with E-state index in [1.807, 2.05) is 6.07 Å². The first kappa shape index (κ1) is 21.0. The zero-order valence-electron chi connectivity index (χ0n) is 17.2. The van der Waals surface area contributed by atoms with Crippen molar-refractivity contribution < 1.29 is 17.7 Å². The van der Waals surface area contributed by atoms with E-state index in [0.717, 1.165) is 25.7 Å². The molecule has 1 aliphatic heterocycles. The number of benzene rings is 2. The lowest BCUT2D eigenvalue weighted by molar-refractivity contribution is 0.0711. The van der Waals surface area contributed by atoms with E-state index in [4.69, 9.17) is 4.52 Å². The standard InChI is InChI=1S/C22H24N4O4S/c1-16-11-12-17(15-19(16)31(28,29)25-18-9-5-4-6-10-18)20-23-21(30-24-20)22(27)26-13-7-2-3-8-14-26/h4-6,9-12,15,25H,2-3,7-8,13-14H2,1H3. The fraction of sp³-hybridized carbons (Fsp3) is 0.318. The van der Waals surface area contributed by atoms with Gasteiger partial charge in [-0.2, -0.15) is 4.98 Å². The number of sulfonamides is 1. The van der Waals surface area contributed by atoms with Gasteiger partial charge in [-0.05, 0) is 43.5 Å². The Balaban J connectivity index is 1.59. The van der Waals surface area contributed by atoms with Crippen molar-refractivity contribution in [2.24, 2.45) is 0 Å². The van der Waals surface area contributed by atoms with Crippen LogP contribution in [0.15, 0.2) is 57.9 Å². The van der Waals surface area contributed by atoms with Crippen LogP contribution >= 0.6 is 0 Å². The molecule has 9 heteroatoms. The molecule has 1 aliphatic rings. The number of anilines is 1. The molecular formula is C22H24N4O4S. The summed E-state index contributed by atoms with van der Waals surface area (Å²) in [5.74, 6) is -0.190. The zero-order chi connectivity index (χ0) is 21.8. The van der Waals surface area contributed by atoms with E-state index < -0.39 is 10.0 Å². The second-order valence-electron chi connectivity index (χ2n) is 7.58. The normalized spacial score (nSPS) is 14.8. The monoisotopic (exact) mass is 440 g/mol. The largest absolute Gasteiger partial charge is 0.334 e. The van der Waals surface area contributed by atoms with Gasteiger partial charge in [-0.1, -0.05) is 48.3 Å². The Morgan fingerprint density at radius 3 is 2.45 bits per heavy atom. The number of para-hydroxylation sites is 1. The molecule has 8 nitrogen and oxygen atoms in total. The molecule has 162 valence electrons. The Hall–Kier alpha value is -3.20. The molecule has 2 aromatic carbocycles. The number of hydrogen-bond acceptors (Lipinski definition) is 6. The highest BCUT2D eigenvalue weighted by atomic mass is 32.2. The molecule has 1 aromatic heterocycles. The maximum absolute atomic E-state index is 12.9. The predicted octanol–water partition coefficient (Wildman–Crippen LogP) is 3.86. The van der Waals surface area contributed by atoms with Crippen molar-refractivity contribution in [3.05, 3.63) is 60.0 Å². The van der Waals surface area contributed by atoms with Crippen molar-refractivity contribution in [2.45, 2.75) is 37.5 Å². The molecule has 31 heavy (non-hydrogen) atoms. The van der Waals surface area contributed by atoms with Crippen LogP contribution in [-0.2, 0) is 10.0 Å². The van der Waals surface area contributed by atoms with Gasteiger partial charge in [0.15, 0.2) is 0 Å². The molecule has 2 heterocycles. The topological polar surface area (TPSA) is 105 Å². The summed E-state index contributed by atoms with van der Waals surface area (Å²) in [5.41, 5.74) is 1.51. The summed E-state index contributed by atoms with van der Waals surface area (Å²) in [4.78, 5) is 18.8. The van der Waals surface area contributed by atoms with E-state index in [0.29, 0.717) is 29.9 Å². The summed E-state index contributed by atoms with van der Waals surface area (Å²) in [6, 6.07) is 13.6. The summed E-state index contributed by atoms with van der Waals surface area (Å²) >= 11 is 0. The summed E-state index contributed by atoms with van der Waals surface area (Å²) < 4.78 is 33.6. The summed E-state index contributed by atoms with van der Waals surface area (Å²) in [6.07, 6.45) is 4.13. The van der Waals surface area contributed by atoms with Crippen LogP contribution in [0.25, 0.3) is 11.4 Å². The van der Waals surface area contributed by atoms with E-state index in [1.54, 1.807) is 48.2 Å². The van der Waals surface area contributed by atoms with Gasteiger partial charge in [0.2, 0.25) is 5.82 Å². The first-order valence-corrected chi connectivity index (χ1v) is 11.7. The quantitative estimate of drug-likeness (QED) is 0.646. The molecule has 0 unspecified atom stereocenters. The average Bonchev–Trinajstić information content (AvgIpc) is 3.09. The van der Waals surface area contributed by atoms with E-state index in [2.05, 4.69) is 14.9 Å². The third-order valence-electron chi connectivity index (χ3n) is 5.26. The Bertz CT molecular complexity index is 1170. The third-order valence-corrected chi connectivity index (χ3v) is 6.79. The number of nitrogens with one attached hydrogen (secondary N) is 1. The molecule has 0 atom stereocenters. The van der Waals surface area contributed by atoms with Gasteiger partial charge in [0, 0.05) is 24.3 Å². The predicted molar refractivity (Wildman–Crippen MR) is 116 cm³/mol. The molecule has 1 saturated heterocycles. The molecule has 0 bridgehead atoms. The van der Waals surface area contributed by atoms with Crippen LogP contribution in [0, 0.1) is 6.92 Å². The van der Waals surface area contributed by atoms with Crippen LogP contribution in [0.2, 0.25) is 0 Å².